The third-order valence-electron chi connectivity index (χ3n) is 8.32. The molecule has 3 aromatic rings. The van der Waals surface area contributed by atoms with Gasteiger partial charge < -0.3 is 14.8 Å². The maximum Gasteiger partial charge on any atom is 0.251 e. The van der Waals surface area contributed by atoms with Crippen molar-refractivity contribution in [2.24, 2.45) is 5.41 Å². The van der Waals surface area contributed by atoms with E-state index in [4.69, 9.17) is 9.47 Å². The summed E-state index contributed by atoms with van der Waals surface area (Å²) in [7, 11) is 1.72. The molecule has 1 amide bonds. The van der Waals surface area contributed by atoms with Crippen molar-refractivity contribution >= 4 is 5.91 Å². The Labute approximate surface area is 227 Å². The van der Waals surface area contributed by atoms with Gasteiger partial charge in [-0.25, -0.2) is 0 Å². The maximum absolute atomic E-state index is 12.7. The molecule has 5 nitrogen and oxygen atoms in total. The van der Waals surface area contributed by atoms with Crippen LogP contribution in [-0.2, 0) is 6.54 Å². The SMILES string of the molecule is COc1ccc([C@@H]2CN(Cc3ccccc3)C[C@@]2(C)CCNC(=O)c2ccccc2)cc1OC1CCCC1. The Bertz CT molecular complexity index is 1190. The number of nitrogens with one attached hydrogen (secondary N) is 1. The number of hydrogen-bond acceptors (Lipinski definition) is 4. The molecule has 0 radical (unpaired) electrons. The fourth-order valence-corrected chi connectivity index (χ4v) is 6.23. The van der Waals surface area contributed by atoms with E-state index in [9.17, 15) is 4.79 Å². The molecule has 1 N–H and O–H groups in total. The number of likely N-dealkylation sites (tertiary alicyclic amines) is 1. The number of benzene rings is 3. The third-order valence-corrected chi connectivity index (χ3v) is 8.32. The second-order valence-corrected chi connectivity index (χ2v) is 11.2. The Balaban J connectivity index is 1.35. The molecule has 1 saturated carbocycles. The van der Waals surface area contributed by atoms with Gasteiger partial charge in [-0.2, -0.15) is 0 Å². The highest BCUT2D eigenvalue weighted by Crippen LogP contribution is 2.47. The summed E-state index contributed by atoms with van der Waals surface area (Å²) in [4.78, 5) is 15.3. The van der Waals surface area contributed by atoms with E-state index in [1.807, 2.05) is 30.3 Å². The number of carbonyl (C=O) groups excluding carboxylic acids is 1. The standard InChI is InChI=1S/C33H40N2O3/c1-33(19-20-34-32(36)26-13-7-4-8-14-26)24-35(22-25-11-5-3-6-12-25)23-29(33)27-17-18-30(37-2)31(21-27)38-28-15-9-10-16-28/h3-8,11-14,17-18,21,28-29H,9-10,15-16,19-20,22-24H2,1-2H3,(H,34,36)/t29-,33+/m0/s1. The molecule has 0 bridgehead atoms. The van der Waals surface area contributed by atoms with Crippen molar-refractivity contribution in [2.75, 3.05) is 26.7 Å². The molecular formula is C33H40N2O3. The van der Waals surface area contributed by atoms with Crippen LogP contribution in [0.15, 0.2) is 78.9 Å². The zero-order valence-corrected chi connectivity index (χ0v) is 22.7. The van der Waals surface area contributed by atoms with Crippen LogP contribution in [0.5, 0.6) is 11.5 Å². The summed E-state index contributed by atoms with van der Waals surface area (Å²) in [6.07, 6.45) is 5.86. The van der Waals surface area contributed by atoms with E-state index in [0.717, 1.165) is 50.4 Å². The predicted octanol–water partition coefficient (Wildman–Crippen LogP) is 6.44. The minimum absolute atomic E-state index is 0.00202. The van der Waals surface area contributed by atoms with E-state index in [0.29, 0.717) is 18.0 Å². The molecule has 1 aliphatic heterocycles. The van der Waals surface area contributed by atoms with E-state index >= 15 is 0 Å². The van der Waals surface area contributed by atoms with Gasteiger partial charge in [0.05, 0.1) is 13.2 Å². The number of amides is 1. The van der Waals surface area contributed by atoms with Gasteiger partial charge in [0, 0.05) is 37.7 Å². The van der Waals surface area contributed by atoms with Crippen LogP contribution in [0.3, 0.4) is 0 Å². The first-order valence-corrected chi connectivity index (χ1v) is 14.0. The third kappa shape index (κ3) is 6.21. The van der Waals surface area contributed by atoms with Gasteiger partial charge in [-0.1, -0.05) is 61.5 Å². The summed E-state index contributed by atoms with van der Waals surface area (Å²) in [5.74, 6) is 1.97. The Morgan fingerprint density at radius 2 is 1.68 bits per heavy atom. The second kappa shape index (κ2) is 12.0. The Hall–Kier alpha value is -3.31. The normalized spacial score (nSPS) is 21.9. The Morgan fingerprint density at radius 1 is 0.974 bits per heavy atom. The smallest absolute Gasteiger partial charge is 0.251 e. The van der Waals surface area contributed by atoms with Crippen molar-refractivity contribution in [3.05, 3.63) is 95.6 Å². The highest BCUT2D eigenvalue weighted by atomic mass is 16.5. The average Bonchev–Trinajstić information content (AvgIpc) is 3.57. The summed E-state index contributed by atoms with van der Waals surface area (Å²) in [5, 5.41) is 3.16. The minimum Gasteiger partial charge on any atom is -0.493 e. The molecule has 0 spiro atoms. The van der Waals surface area contributed by atoms with Crippen LogP contribution in [0.25, 0.3) is 0 Å². The monoisotopic (exact) mass is 512 g/mol. The topological polar surface area (TPSA) is 50.8 Å². The molecule has 2 fully saturated rings. The van der Waals surface area contributed by atoms with Gasteiger partial charge in [-0.15, -0.1) is 0 Å². The largest absolute Gasteiger partial charge is 0.493 e. The van der Waals surface area contributed by atoms with Gasteiger partial charge in [0.2, 0.25) is 0 Å². The van der Waals surface area contributed by atoms with E-state index in [1.54, 1.807) is 7.11 Å². The van der Waals surface area contributed by atoms with Crippen LogP contribution in [0.4, 0.5) is 0 Å². The Morgan fingerprint density at radius 3 is 2.39 bits per heavy atom. The van der Waals surface area contributed by atoms with Gasteiger partial charge >= 0.3 is 0 Å². The van der Waals surface area contributed by atoms with E-state index in [-0.39, 0.29) is 17.4 Å². The first kappa shape index (κ1) is 26.3. The first-order valence-electron chi connectivity index (χ1n) is 14.0. The second-order valence-electron chi connectivity index (χ2n) is 11.2. The van der Waals surface area contributed by atoms with Crippen molar-refractivity contribution in [1.29, 1.82) is 0 Å². The van der Waals surface area contributed by atoms with E-state index in [1.165, 1.54) is 24.0 Å². The molecule has 0 unspecified atom stereocenters. The lowest BCUT2D eigenvalue weighted by Crippen LogP contribution is -2.33. The van der Waals surface area contributed by atoms with Gasteiger partial charge in [0.15, 0.2) is 11.5 Å². The van der Waals surface area contributed by atoms with Crippen molar-refractivity contribution in [3.63, 3.8) is 0 Å². The molecule has 5 rings (SSSR count). The summed E-state index contributed by atoms with van der Waals surface area (Å²) < 4.78 is 12.1. The molecule has 38 heavy (non-hydrogen) atoms. The minimum atomic E-state index is -0.0124. The van der Waals surface area contributed by atoms with Crippen LogP contribution in [0.2, 0.25) is 0 Å². The van der Waals surface area contributed by atoms with Gasteiger partial charge in [-0.3, -0.25) is 9.69 Å². The number of nitrogens with zero attached hydrogens (tertiary/aromatic N) is 1. The van der Waals surface area contributed by atoms with Gasteiger partial charge in [-0.05, 0) is 72.9 Å². The van der Waals surface area contributed by atoms with Gasteiger partial charge in [0.1, 0.15) is 0 Å². The molecule has 1 aliphatic carbocycles. The fraction of sp³-hybridized carbons (Fsp3) is 0.424. The van der Waals surface area contributed by atoms with Crippen LogP contribution < -0.4 is 14.8 Å². The van der Waals surface area contributed by atoms with Crippen molar-refractivity contribution in [3.8, 4) is 11.5 Å². The lowest BCUT2D eigenvalue weighted by Gasteiger charge is -2.32. The van der Waals surface area contributed by atoms with Crippen molar-refractivity contribution < 1.29 is 14.3 Å². The predicted molar refractivity (Wildman–Crippen MR) is 152 cm³/mol. The molecule has 3 aromatic carbocycles. The number of carbonyl (C=O) groups is 1. The van der Waals surface area contributed by atoms with E-state index < -0.39 is 0 Å². The van der Waals surface area contributed by atoms with E-state index in [2.05, 4.69) is 65.7 Å². The summed E-state index contributed by atoms with van der Waals surface area (Å²) in [6, 6.07) is 26.6. The van der Waals surface area contributed by atoms with Crippen LogP contribution >= 0.6 is 0 Å². The van der Waals surface area contributed by atoms with Gasteiger partial charge in [0.25, 0.3) is 5.91 Å². The van der Waals surface area contributed by atoms with Crippen molar-refractivity contribution in [1.82, 2.24) is 10.2 Å². The molecule has 1 saturated heterocycles. The van der Waals surface area contributed by atoms with Crippen molar-refractivity contribution in [2.45, 2.75) is 57.6 Å². The lowest BCUT2D eigenvalue weighted by atomic mass is 9.73. The number of ether oxygens (including phenoxy) is 2. The zero-order valence-electron chi connectivity index (χ0n) is 22.7. The first-order chi connectivity index (χ1) is 18.5. The highest BCUT2D eigenvalue weighted by molar-refractivity contribution is 5.94. The highest BCUT2D eigenvalue weighted by Gasteiger charge is 2.43. The molecule has 5 heteroatoms. The number of hydrogen-bond donors (Lipinski definition) is 1. The molecule has 2 atom stereocenters. The molecule has 0 aromatic heterocycles. The fourth-order valence-electron chi connectivity index (χ4n) is 6.23. The Kier molecular flexibility index (Phi) is 8.33. The summed E-state index contributed by atoms with van der Waals surface area (Å²) in [6.45, 7) is 5.87. The van der Waals surface area contributed by atoms with Crippen LogP contribution in [0.1, 0.15) is 66.4 Å². The number of methoxy groups -OCH3 is 1. The molecule has 200 valence electrons. The summed E-state index contributed by atoms with van der Waals surface area (Å²) in [5.41, 5.74) is 3.31. The zero-order chi connectivity index (χ0) is 26.4. The number of rotatable bonds is 10. The summed E-state index contributed by atoms with van der Waals surface area (Å²) >= 11 is 0. The lowest BCUT2D eigenvalue weighted by molar-refractivity contribution is 0.0946. The molecule has 2 aliphatic rings. The quantitative estimate of drug-likeness (QED) is 0.340. The van der Waals surface area contributed by atoms with Crippen LogP contribution in [0, 0.1) is 5.41 Å². The molecular weight excluding hydrogens is 472 g/mol. The molecule has 1 heterocycles. The average molecular weight is 513 g/mol. The van der Waals surface area contributed by atoms with Crippen LogP contribution in [-0.4, -0.2) is 43.7 Å². The maximum atomic E-state index is 12.7.